The second-order valence-corrected chi connectivity index (χ2v) is 15.3. The molecule has 0 aliphatic carbocycles. The Hall–Kier alpha value is -5.00. The highest BCUT2D eigenvalue weighted by Gasteiger charge is 2.27. The molecule has 16 heteroatoms. The van der Waals surface area contributed by atoms with E-state index in [9.17, 15) is 23.0 Å². The molecule has 1 saturated heterocycles. The van der Waals surface area contributed by atoms with Crippen molar-refractivity contribution in [2.24, 2.45) is 0 Å². The smallest absolute Gasteiger partial charge is 0.364 e. The number of hydrogen-bond donors (Lipinski definition) is 2. The van der Waals surface area contributed by atoms with Crippen LogP contribution in [0.5, 0.6) is 5.75 Å². The van der Waals surface area contributed by atoms with E-state index in [1.807, 2.05) is 41.9 Å². The summed E-state index contributed by atoms with van der Waals surface area (Å²) in [6.07, 6.45) is 1.86. The molecular formula is C37H33ClN6O6S3. The quantitative estimate of drug-likeness (QED) is 0.0498. The second kappa shape index (κ2) is 18.2. The number of benzene rings is 3. The van der Waals surface area contributed by atoms with Crippen LogP contribution >= 0.6 is 34.7 Å². The Kier molecular flexibility index (Phi) is 13.4. The van der Waals surface area contributed by atoms with Crippen LogP contribution in [0.15, 0.2) is 88.1 Å². The van der Waals surface area contributed by atoms with Gasteiger partial charge in [-0.05, 0) is 48.9 Å². The number of esters is 1. The van der Waals surface area contributed by atoms with Crippen molar-refractivity contribution in [2.45, 2.75) is 41.5 Å². The summed E-state index contributed by atoms with van der Waals surface area (Å²) >= 11 is 8.87. The van der Waals surface area contributed by atoms with Crippen LogP contribution in [0.2, 0.25) is 5.02 Å². The largest absolute Gasteiger partial charge is 0.744 e. The lowest BCUT2D eigenvalue weighted by molar-refractivity contribution is -0.658. The molecule has 1 aliphatic heterocycles. The van der Waals surface area contributed by atoms with Gasteiger partial charge in [-0.2, -0.15) is 5.26 Å². The van der Waals surface area contributed by atoms with Crippen LogP contribution in [0, 0.1) is 24.8 Å². The number of aromatic nitrogens is 2. The Bertz CT molecular complexity index is 2250. The zero-order chi connectivity index (χ0) is 38.0. The molecule has 53 heavy (non-hydrogen) atoms. The molecule has 272 valence electrons. The van der Waals surface area contributed by atoms with Gasteiger partial charge < -0.3 is 25.1 Å². The maximum absolute atomic E-state index is 12.0. The minimum absolute atomic E-state index is 0.0586. The van der Waals surface area contributed by atoms with E-state index in [-0.39, 0.29) is 47.2 Å². The summed E-state index contributed by atoms with van der Waals surface area (Å²) in [6, 6.07) is 22.4. The molecule has 0 bridgehead atoms. The summed E-state index contributed by atoms with van der Waals surface area (Å²) in [7, 11) is -4.27. The molecule has 1 aliphatic rings. The summed E-state index contributed by atoms with van der Waals surface area (Å²) < 4.78 is 42.2. The number of carbonyl (C=O) groups is 1. The number of rotatable bonds is 11. The van der Waals surface area contributed by atoms with Crippen LogP contribution in [0.1, 0.15) is 29.7 Å². The van der Waals surface area contributed by atoms with E-state index >= 15 is 0 Å². The van der Waals surface area contributed by atoms with Gasteiger partial charge in [0.05, 0.1) is 29.3 Å². The predicted molar refractivity (Wildman–Crippen MR) is 203 cm³/mol. The molecule has 1 atom stereocenters. The molecule has 5 aromatic rings. The zero-order valence-electron chi connectivity index (χ0n) is 28.3. The Morgan fingerprint density at radius 2 is 1.81 bits per heavy atom. The Balaban J connectivity index is 0.000000422. The molecule has 3 heterocycles. The van der Waals surface area contributed by atoms with Gasteiger partial charge >= 0.3 is 5.97 Å². The number of anilines is 1. The van der Waals surface area contributed by atoms with Gasteiger partial charge in [0.2, 0.25) is 5.69 Å². The van der Waals surface area contributed by atoms with E-state index in [1.54, 1.807) is 36.4 Å². The first-order chi connectivity index (χ1) is 25.5. The highest BCUT2D eigenvalue weighted by atomic mass is 35.5. The first kappa shape index (κ1) is 39.2. The molecule has 3 aromatic carbocycles. The first-order valence-electron chi connectivity index (χ1n) is 16.2. The third-order valence-corrected chi connectivity index (χ3v) is 11.0. The average molecular weight is 789 g/mol. The van der Waals surface area contributed by atoms with Crippen molar-refractivity contribution >= 4 is 62.3 Å². The van der Waals surface area contributed by atoms with E-state index in [0.717, 1.165) is 41.2 Å². The molecule has 1 fully saturated rings. The normalized spacial score (nSPS) is 13.6. The molecule has 4 N–H and O–H groups in total. The number of aryl methyl sites for hydroxylation is 1. The number of halogens is 1. The minimum atomic E-state index is -4.27. The molecule has 12 nitrogen and oxygen atoms in total. The fourth-order valence-corrected chi connectivity index (χ4v) is 7.65. The molecular weight excluding hydrogens is 756 g/mol. The number of thioether (sulfide) groups is 1. The number of thiazole rings is 1. The van der Waals surface area contributed by atoms with E-state index in [2.05, 4.69) is 15.9 Å². The van der Waals surface area contributed by atoms with Gasteiger partial charge in [0.25, 0.3) is 0 Å². The van der Waals surface area contributed by atoms with Gasteiger partial charge in [0.1, 0.15) is 51.0 Å². The van der Waals surface area contributed by atoms with Crippen LogP contribution in [0.4, 0.5) is 11.5 Å². The number of nitrogens with two attached hydrogens (primary N) is 2. The molecule has 2 aromatic heterocycles. The number of carbonyl (C=O) groups excluding carboxylic acids is 1. The number of pyridine rings is 1. The fraction of sp³-hybridized carbons (Fsp3) is 0.216. The van der Waals surface area contributed by atoms with Crippen molar-refractivity contribution in [3.63, 3.8) is 0 Å². The zero-order valence-corrected chi connectivity index (χ0v) is 31.5. The van der Waals surface area contributed by atoms with Crippen molar-refractivity contribution in [2.75, 3.05) is 25.5 Å². The van der Waals surface area contributed by atoms with Crippen LogP contribution in [0.3, 0.4) is 0 Å². The molecule has 0 radical (unpaired) electrons. The van der Waals surface area contributed by atoms with E-state index in [1.165, 1.54) is 35.2 Å². The number of hydrogen-bond acceptors (Lipinski definition) is 12. The molecule has 0 spiro atoms. The number of ether oxygens (including phenoxy) is 2. The molecule has 0 saturated carbocycles. The van der Waals surface area contributed by atoms with Gasteiger partial charge in [-0.15, -0.1) is 11.3 Å². The first-order valence-corrected chi connectivity index (χ1v) is 19.8. The highest BCUT2D eigenvalue weighted by molar-refractivity contribution is 7.98. The van der Waals surface area contributed by atoms with Crippen LogP contribution in [-0.2, 0) is 25.4 Å². The Morgan fingerprint density at radius 3 is 2.43 bits per heavy atom. The molecule has 0 unspecified atom stereocenters. The lowest BCUT2D eigenvalue weighted by atomic mass is 10.00. The van der Waals surface area contributed by atoms with Crippen molar-refractivity contribution in [3.05, 3.63) is 111 Å². The van der Waals surface area contributed by atoms with E-state index in [4.69, 9.17) is 38.4 Å². The van der Waals surface area contributed by atoms with Gasteiger partial charge in [-0.25, -0.2) is 28.0 Å². The summed E-state index contributed by atoms with van der Waals surface area (Å²) in [5, 5.41) is 16.1. The van der Waals surface area contributed by atoms with Crippen molar-refractivity contribution in [3.8, 4) is 33.5 Å². The lowest BCUT2D eigenvalue weighted by Crippen LogP contribution is -2.88. The molecule has 0 amide bonds. The highest BCUT2D eigenvalue weighted by Crippen LogP contribution is 2.42. The second-order valence-electron chi connectivity index (χ2n) is 11.6. The predicted octanol–water partition coefficient (Wildman–Crippen LogP) is 6.37. The van der Waals surface area contributed by atoms with Gasteiger partial charge in [0, 0.05) is 40.1 Å². The van der Waals surface area contributed by atoms with Crippen molar-refractivity contribution in [1.82, 2.24) is 9.97 Å². The summed E-state index contributed by atoms with van der Waals surface area (Å²) in [4.78, 5) is 24.6. The fourth-order valence-electron chi connectivity index (χ4n) is 5.23. The minimum Gasteiger partial charge on any atom is -0.744 e. The Morgan fingerprint density at radius 1 is 1.11 bits per heavy atom. The summed E-state index contributed by atoms with van der Waals surface area (Å²) in [5.74, 6) is 0.894. The van der Waals surface area contributed by atoms with Crippen molar-refractivity contribution < 1.29 is 32.6 Å². The number of quaternary nitrogens is 1. The van der Waals surface area contributed by atoms with Crippen LogP contribution < -0.4 is 15.8 Å². The summed E-state index contributed by atoms with van der Waals surface area (Å²) in [6.45, 7) is 10.9. The van der Waals surface area contributed by atoms with Gasteiger partial charge in [-0.3, -0.25) is 0 Å². The van der Waals surface area contributed by atoms with E-state index < -0.39 is 10.1 Å². The maximum Gasteiger partial charge on any atom is 0.364 e. The van der Waals surface area contributed by atoms with Crippen LogP contribution in [-0.4, -0.2) is 54.7 Å². The number of nitrogens with zero attached hydrogens (tertiary/aromatic N) is 4. The average Bonchev–Trinajstić information content (AvgIpc) is 3.87. The SMILES string of the molecule is Cc1ccc(S(=O)(=O)[O-])cc1.[C-]#[N+]c1c(N)nc(SCc2csc(-c3ccc(Cl)cc3)n2)c(C#N)c1-c1ccc(OCCOC(=O)[C@@H]2CCC[NH2+]2)cc1. The monoisotopic (exact) mass is 788 g/mol. The Labute approximate surface area is 320 Å². The summed E-state index contributed by atoms with van der Waals surface area (Å²) in [5.41, 5.74) is 10.4. The van der Waals surface area contributed by atoms with E-state index in [0.29, 0.717) is 32.7 Å². The standard InChI is InChI=1S/C30H25ClN6O3S2.C7H8O3S/c1-34-26-25(18-6-10-22(11-7-18)39-13-14-40-30(38)24-3-2-12-35-24)23(15-32)29(37-27(26)33)42-17-21-16-41-28(36-21)19-4-8-20(31)9-5-19;1-6-2-4-7(5-3-6)11(8,9)10/h4-11,16,24,35H,2-3,12-14,17H2,(H2,33,37);2-5H,1H3,(H,8,9,10)/t24-;/m0./s1. The maximum atomic E-state index is 12.0. The lowest BCUT2D eigenvalue weighted by Gasteiger charge is -2.14. The number of nitriles is 1. The van der Waals surface area contributed by atoms with Crippen LogP contribution in [0.25, 0.3) is 26.5 Å². The third-order valence-electron chi connectivity index (χ3n) is 7.91. The third kappa shape index (κ3) is 10.5. The number of nitrogen functional groups attached to an aromatic ring is 1. The van der Waals surface area contributed by atoms with Gasteiger partial charge in [-0.1, -0.05) is 65.3 Å². The van der Waals surface area contributed by atoms with Gasteiger partial charge in [0.15, 0.2) is 6.04 Å². The molecule has 6 rings (SSSR count). The van der Waals surface area contributed by atoms with Crippen molar-refractivity contribution in [1.29, 1.82) is 5.26 Å². The topological polar surface area (TPSA) is 189 Å².